The fourth-order valence-corrected chi connectivity index (χ4v) is 4.99. The standard InChI is InChI=1S/C15H22ClF4/c16-10-4-1-8(2-5-10)11-7-9-3-6-12(17)14(18)13(9)15(11,19)20/h8-14,16H,1-7H2/q+1. The van der Waals surface area contributed by atoms with Crippen LogP contribution in [0.25, 0.3) is 0 Å². The van der Waals surface area contributed by atoms with E-state index in [0.29, 0.717) is 12.8 Å². The average molecular weight is 314 g/mol. The lowest BCUT2D eigenvalue weighted by molar-refractivity contribution is -0.427. The minimum absolute atomic E-state index is 0.0555. The highest BCUT2D eigenvalue weighted by Gasteiger charge is 2.64. The minimum atomic E-state index is -3.05. The van der Waals surface area contributed by atoms with Crippen molar-refractivity contribution in [2.45, 2.75) is 68.6 Å². The normalized spacial score (nSPS) is 51.8. The van der Waals surface area contributed by atoms with Gasteiger partial charge in [0.1, 0.15) is 23.9 Å². The van der Waals surface area contributed by atoms with Crippen LogP contribution in [0.4, 0.5) is 17.6 Å². The molecule has 5 atom stereocenters. The van der Waals surface area contributed by atoms with Crippen LogP contribution in [0.2, 0.25) is 0 Å². The van der Waals surface area contributed by atoms with Gasteiger partial charge in [-0.15, -0.1) is 0 Å². The molecule has 0 aliphatic heterocycles. The second-order valence-electron chi connectivity index (χ2n) is 6.88. The van der Waals surface area contributed by atoms with E-state index in [1.54, 1.807) is 0 Å². The molecule has 3 fully saturated rings. The van der Waals surface area contributed by atoms with E-state index >= 15 is 0 Å². The minimum Gasteiger partial charge on any atom is -0.244 e. The lowest BCUT2D eigenvalue weighted by atomic mass is 9.76. The molecule has 3 aliphatic carbocycles. The molecular weight excluding hydrogens is 292 g/mol. The highest BCUT2D eigenvalue weighted by atomic mass is 35.5. The van der Waals surface area contributed by atoms with Gasteiger partial charge in [0, 0.05) is 18.8 Å². The van der Waals surface area contributed by atoms with Gasteiger partial charge in [0.2, 0.25) is 0 Å². The number of alkyl halides is 5. The summed E-state index contributed by atoms with van der Waals surface area (Å²) in [5, 5.41) is 0.202. The molecule has 3 saturated carbocycles. The van der Waals surface area contributed by atoms with Gasteiger partial charge in [-0.3, -0.25) is 0 Å². The van der Waals surface area contributed by atoms with Crippen molar-refractivity contribution >= 4 is 0 Å². The van der Waals surface area contributed by atoms with E-state index in [-0.39, 0.29) is 23.6 Å². The molecule has 0 aromatic carbocycles. The Morgan fingerprint density at radius 3 is 2.10 bits per heavy atom. The van der Waals surface area contributed by atoms with Gasteiger partial charge in [-0.1, -0.05) is 0 Å². The first-order valence-electron chi connectivity index (χ1n) is 7.73. The molecule has 5 unspecified atom stereocenters. The molecule has 20 heavy (non-hydrogen) atoms. The highest BCUT2D eigenvalue weighted by Crippen LogP contribution is 2.59. The van der Waals surface area contributed by atoms with Crippen molar-refractivity contribution in [2.75, 3.05) is 0 Å². The summed E-state index contributed by atoms with van der Waals surface area (Å²) in [6, 6.07) is 0. The van der Waals surface area contributed by atoms with Crippen molar-refractivity contribution < 1.29 is 29.2 Å². The third-order valence-electron chi connectivity index (χ3n) is 5.79. The zero-order valence-electron chi connectivity index (χ0n) is 11.4. The van der Waals surface area contributed by atoms with Crippen LogP contribution in [0, 0.1) is 35.3 Å². The van der Waals surface area contributed by atoms with E-state index in [9.17, 15) is 17.6 Å². The zero-order valence-corrected chi connectivity index (χ0v) is 12.2. The summed E-state index contributed by atoms with van der Waals surface area (Å²) in [7, 11) is 0. The molecule has 0 N–H and O–H groups in total. The SMILES string of the molecule is FC1CCC2CC(C3CCC([ClH+])CC3)C(F)(F)C2C1F. The molecule has 0 aromatic rings. The summed E-state index contributed by atoms with van der Waals surface area (Å²) in [6.45, 7) is 0. The first-order chi connectivity index (χ1) is 9.41. The number of fused-ring (bicyclic) bond motifs is 1. The molecule has 0 spiro atoms. The second kappa shape index (κ2) is 5.33. The van der Waals surface area contributed by atoms with Gasteiger partial charge < -0.3 is 0 Å². The van der Waals surface area contributed by atoms with Gasteiger partial charge in [-0.05, 0) is 43.9 Å². The van der Waals surface area contributed by atoms with Crippen LogP contribution in [-0.2, 0) is 0 Å². The van der Waals surface area contributed by atoms with Gasteiger partial charge in [-0.25, -0.2) is 17.6 Å². The predicted octanol–water partition coefficient (Wildman–Crippen LogP) is 4.18. The van der Waals surface area contributed by atoms with Gasteiger partial charge in [0.25, 0.3) is 5.92 Å². The molecule has 3 aliphatic rings. The second-order valence-corrected chi connectivity index (χ2v) is 7.54. The number of hydrogen-bond donors (Lipinski definition) is 0. The maximum absolute atomic E-state index is 14.6. The van der Waals surface area contributed by atoms with E-state index in [1.165, 1.54) is 0 Å². The van der Waals surface area contributed by atoms with E-state index in [4.69, 9.17) is 11.6 Å². The largest absolute Gasteiger partial charge is 0.257 e. The molecule has 0 heterocycles. The fourth-order valence-electron chi connectivity index (χ4n) is 4.72. The number of halogens is 5. The molecule has 5 heteroatoms. The van der Waals surface area contributed by atoms with E-state index in [2.05, 4.69) is 0 Å². The summed E-state index contributed by atoms with van der Waals surface area (Å²) in [5.41, 5.74) is 0. The Kier molecular flexibility index (Phi) is 3.98. The summed E-state index contributed by atoms with van der Waals surface area (Å²) in [6.07, 6.45) is 0.275. The third kappa shape index (κ3) is 2.36. The van der Waals surface area contributed by atoms with Crippen LogP contribution >= 0.6 is 0 Å². The number of hydrogen-bond acceptors (Lipinski definition) is 0. The predicted molar refractivity (Wildman–Crippen MR) is 66.2 cm³/mol. The van der Waals surface area contributed by atoms with Crippen LogP contribution in [0.1, 0.15) is 44.9 Å². The van der Waals surface area contributed by atoms with Crippen LogP contribution < -0.4 is 0 Å². The monoisotopic (exact) mass is 313 g/mol. The molecule has 0 bridgehead atoms. The van der Waals surface area contributed by atoms with Gasteiger partial charge in [-0.2, -0.15) is 0 Å². The van der Waals surface area contributed by atoms with E-state index in [0.717, 1.165) is 25.7 Å². The topological polar surface area (TPSA) is 0 Å². The lowest BCUT2D eigenvalue weighted by Gasteiger charge is -2.36. The maximum Gasteiger partial charge on any atom is 0.257 e. The van der Waals surface area contributed by atoms with Crippen LogP contribution in [0.3, 0.4) is 0 Å². The van der Waals surface area contributed by atoms with Crippen LogP contribution in [0.15, 0.2) is 0 Å². The average Bonchev–Trinajstić information content (AvgIpc) is 2.67. The molecule has 0 radical (unpaired) electrons. The molecule has 0 amide bonds. The van der Waals surface area contributed by atoms with Gasteiger partial charge in [0.15, 0.2) is 5.38 Å². The van der Waals surface area contributed by atoms with Crippen molar-refractivity contribution in [1.29, 1.82) is 0 Å². The Bertz CT molecular complexity index is 354. The van der Waals surface area contributed by atoms with Gasteiger partial charge >= 0.3 is 0 Å². The summed E-state index contributed by atoms with van der Waals surface area (Å²) in [4.78, 5) is 0. The van der Waals surface area contributed by atoms with Crippen molar-refractivity contribution in [2.24, 2.45) is 23.7 Å². The first kappa shape index (κ1) is 14.9. The quantitative estimate of drug-likeness (QED) is 0.503. The molecule has 0 saturated heterocycles. The van der Waals surface area contributed by atoms with E-state index < -0.39 is 30.1 Å². The molecule has 0 aromatic heterocycles. The van der Waals surface area contributed by atoms with Crippen molar-refractivity contribution in [3.8, 4) is 0 Å². The molecule has 0 nitrogen and oxygen atoms in total. The Balaban J connectivity index is 1.77. The number of rotatable bonds is 1. The summed E-state index contributed by atoms with van der Waals surface area (Å²) < 4.78 is 56.7. The Labute approximate surface area is 122 Å². The smallest absolute Gasteiger partial charge is 0.244 e. The first-order valence-corrected chi connectivity index (χ1v) is 8.20. The van der Waals surface area contributed by atoms with Crippen molar-refractivity contribution in [3.05, 3.63) is 0 Å². The Morgan fingerprint density at radius 1 is 0.850 bits per heavy atom. The highest BCUT2D eigenvalue weighted by molar-refractivity contribution is 5.06. The maximum atomic E-state index is 14.6. The van der Waals surface area contributed by atoms with Crippen LogP contribution in [-0.4, -0.2) is 23.6 Å². The van der Waals surface area contributed by atoms with Gasteiger partial charge in [0.05, 0.1) is 5.92 Å². The molecule has 116 valence electrons. The zero-order chi connectivity index (χ0) is 14.5. The lowest BCUT2D eigenvalue weighted by Crippen LogP contribution is -2.45. The van der Waals surface area contributed by atoms with Crippen LogP contribution in [0.5, 0.6) is 0 Å². The molecule has 3 rings (SSSR count). The van der Waals surface area contributed by atoms with Crippen molar-refractivity contribution in [3.63, 3.8) is 0 Å². The third-order valence-corrected chi connectivity index (χ3v) is 6.26. The Morgan fingerprint density at radius 2 is 1.45 bits per heavy atom. The van der Waals surface area contributed by atoms with Crippen molar-refractivity contribution in [1.82, 2.24) is 0 Å². The Hall–Kier alpha value is 0.01000. The molecular formula is C15H22ClF4+. The van der Waals surface area contributed by atoms with E-state index in [1.807, 2.05) is 0 Å². The fraction of sp³-hybridized carbons (Fsp3) is 1.00. The summed E-state index contributed by atoms with van der Waals surface area (Å²) in [5.74, 6) is -5.59. The summed E-state index contributed by atoms with van der Waals surface area (Å²) >= 11 is 5.21.